The molecule has 5 aliphatic carbocycles. The molecule has 2 nitrogen and oxygen atoms in total. The summed E-state index contributed by atoms with van der Waals surface area (Å²) in [5.41, 5.74) is 23.7. The van der Waals surface area contributed by atoms with Crippen LogP contribution in [0.15, 0.2) is 346 Å². The Labute approximate surface area is 547 Å². The number of fused-ring (bicyclic) bond motifs is 5. The summed E-state index contributed by atoms with van der Waals surface area (Å²) in [6.45, 7) is 0. The van der Waals surface area contributed by atoms with Crippen molar-refractivity contribution in [1.29, 1.82) is 0 Å². The molecular formula is C91H72N2. The number of nitrogens with zero attached hydrogens (tertiary/aromatic N) is 2. The molecule has 4 saturated carbocycles. The van der Waals surface area contributed by atoms with Gasteiger partial charge in [0.05, 0.1) is 5.41 Å². The van der Waals surface area contributed by atoms with Crippen LogP contribution >= 0.6 is 0 Å². The Kier molecular flexibility index (Phi) is 14.4. The van der Waals surface area contributed by atoms with Crippen LogP contribution in [0.2, 0.25) is 0 Å². The zero-order valence-electron chi connectivity index (χ0n) is 52.3. The van der Waals surface area contributed by atoms with E-state index >= 15 is 0 Å². The lowest BCUT2D eigenvalue weighted by Gasteiger charge is -2.61. The minimum absolute atomic E-state index is 0.272. The molecule has 446 valence electrons. The van der Waals surface area contributed by atoms with E-state index in [9.17, 15) is 0 Å². The van der Waals surface area contributed by atoms with Crippen LogP contribution in [0.3, 0.4) is 0 Å². The Balaban J connectivity index is 0.000000149. The molecule has 0 heterocycles. The van der Waals surface area contributed by atoms with Crippen molar-refractivity contribution < 1.29 is 0 Å². The van der Waals surface area contributed by atoms with Crippen molar-refractivity contribution in [2.24, 2.45) is 17.8 Å². The first kappa shape index (κ1) is 56.2. The molecule has 2 heteroatoms. The molecule has 0 unspecified atom stereocenters. The molecule has 0 atom stereocenters. The second-order valence-electron chi connectivity index (χ2n) is 26.5. The standard InChI is InChI=1S/C53H37N.C38H35N/c1-4-15-39(16-5-1)47-24-14-17-41-37-40(29-36-48(41)47)38-27-32-45(33-28-38)54(44-20-8-3-9-21-44)46-34-30-43(31-35-46)53(42-18-6-2-7-19-42)51-25-12-10-22-49(51)50-23-11-13-26-52(50)53;1-3-8-31(9-4-1)36-13-7-10-33-23-32(16-19-37(33)36)30-14-17-35(18-15-30)39(34-11-5-2-6-12-34)38-24-27-20-28(25-38)22-29(21-27)26-38/h1-37H;1-19,23,27-29H,20-22,24-26H2. The molecule has 0 aromatic heterocycles. The van der Waals surface area contributed by atoms with Crippen molar-refractivity contribution >= 4 is 50.0 Å². The van der Waals surface area contributed by atoms with E-state index in [1.165, 1.54) is 149 Å². The molecule has 4 fully saturated rings. The van der Waals surface area contributed by atoms with E-state index in [2.05, 4.69) is 356 Å². The van der Waals surface area contributed by atoms with Gasteiger partial charge in [0, 0.05) is 34.0 Å². The van der Waals surface area contributed by atoms with Crippen LogP contribution in [0.4, 0.5) is 28.4 Å². The van der Waals surface area contributed by atoms with E-state index in [4.69, 9.17) is 0 Å². The van der Waals surface area contributed by atoms with Crippen molar-refractivity contribution in [3.8, 4) is 55.6 Å². The zero-order chi connectivity index (χ0) is 61.7. The molecule has 0 spiro atoms. The van der Waals surface area contributed by atoms with Crippen LogP contribution in [0.1, 0.15) is 60.8 Å². The lowest BCUT2D eigenvalue weighted by atomic mass is 9.52. The Morgan fingerprint density at radius 2 is 0.591 bits per heavy atom. The Morgan fingerprint density at radius 3 is 1.06 bits per heavy atom. The fraction of sp³-hybridized carbons (Fsp3) is 0.121. The van der Waals surface area contributed by atoms with Crippen molar-refractivity contribution in [2.45, 2.75) is 49.5 Å². The third-order valence-electron chi connectivity index (χ3n) is 21.1. The van der Waals surface area contributed by atoms with E-state index < -0.39 is 5.41 Å². The molecule has 14 aromatic rings. The topological polar surface area (TPSA) is 6.48 Å². The van der Waals surface area contributed by atoms with Gasteiger partial charge in [-0.25, -0.2) is 0 Å². The highest BCUT2D eigenvalue weighted by molar-refractivity contribution is 6.00. The first-order valence-corrected chi connectivity index (χ1v) is 33.5. The lowest BCUT2D eigenvalue weighted by molar-refractivity contribution is 0.000556. The first-order chi connectivity index (χ1) is 46.0. The quantitative estimate of drug-likeness (QED) is 0.120. The van der Waals surface area contributed by atoms with Crippen LogP contribution in [0.25, 0.3) is 77.2 Å². The van der Waals surface area contributed by atoms with Crippen LogP contribution in [0.5, 0.6) is 0 Å². The van der Waals surface area contributed by atoms with Gasteiger partial charge in [0.2, 0.25) is 0 Å². The Bertz CT molecular complexity index is 4880. The highest BCUT2D eigenvalue weighted by atomic mass is 15.2. The third kappa shape index (κ3) is 10.1. The minimum Gasteiger partial charge on any atom is -0.335 e. The van der Waals surface area contributed by atoms with Gasteiger partial charge in [0.1, 0.15) is 0 Å². The van der Waals surface area contributed by atoms with Gasteiger partial charge < -0.3 is 9.80 Å². The van der Waals surface area contributed by atoms with Crippen LogP contribution < -0.4 is 9.80 Å². The van der Waals surface area contributed by atoms with E-state index in [0.29, 0.717) is 0 Å². The molecule has 0 radical (unpaired) electrons. The normalized spacial score (nSPS) is 17.9. The Hall–Kier alpha value is -10.8. The lowest BCUT2D eigenvalue weighted by Crippen LogP contribution is -2.58. The van der Waals surface area contributed by atoms with E-state index in [1.807, 2.05) is 0 Å². The van der Waals surface area contributed by atoms with Crippen molar-refractivity contribution in [1.82, 2.24) is 0 Å². The van der Waals surface area contributed by atoms with Gasteiger partial charge in [-0.05, 0) is 229 Å². The summed E-state index contributed by atoms with van der Waals surface area (Å²) in [5, 5.41) is 5.10. The number of anilines is 5. The van der Waals surface area contributed by atoms with Gasteiger partial charge in [-0.1, -0.05) is 273 Å². The number of hydrogen-bond acceptors (Lipinski definition) is 2. The summed E-state index contributed by atoms with van der Waals surface area (Å²) in [6, 6.07) is 127. The largest absolute Gasteiger partial charge is 0.335 e. The van der Waals surface area contributed by atoms with Gasteiger partial charge in [-0.15, -0.1) is 0 Å². The average Bonchev–Trinajstić information content (AvgIpc) is 1.61. The second-order valence-corrected chi connectivity index (χ2v) is 26.5. The molecule has 5 aliphatic rings. The predicted octanol–water partition coefficient (Wildman–Crippen LogP) is 24.3. The molecule has 0 amide bonds. The molecular weight excluding hydrogens is 1120 g/mol. The molecule has 0 aliphatic heterocycles. The summed E-state index contributed by atoms with van der Waals surface area (Å²) < 4.78 is 0. The highest BCUT2D eigenvalue weighted by Gasteiger charge is 2.54. The molecule has 93 heavy (non-hydrogen) atoms. The summed E-state index contributed by atoms with van der Waals surface area (Å²) in [6.07, 6.45) is 8.45. The SMILES string of the molecule is c1ccc(-c2cccc3cc(-c4ccc(N(c5ccccc5)C56CC7CC(CC(C7)C5)C6)cc4)ccc23)cc1.c1ccc(-c2cccc3cc(-c4ccc(N(c5ccccc5)c5ccc(C6(c7ccccc7)c7ccccc7-c7ccccc76)cc5)cc4)ccc23)cc1. The fourth-order valence-corrected chi connectivity index (χ4v) is 17.5. The van der Waals surface area contributed by atoms with Gasteiger partial charge in [0.15, 0.2) is 0 Å². The van der Waals surface area contributed by atoms with Gasteiger partial charge in [0.25, 0.3) is 0 Å². The number of hydrogen-bond donors (Lipinski definition) is 0. The maximum Gasteiger partial charge on any atom is 0.0713 e. The summed E-state index contributed by atoms with van der Waals surface area (Å²) in [5.74, 6) is 2.75. The van der Waals surface area contributed by atoms with Crippen molar-refractivity contribution in [3.05, 3.63) is 368 Å². The highest BCUT2D eigenvalue weighted by Crippen LogP contribution is 2.60. The van der Waals surface area contributed by atoms with Crippen molar-refractivity contribution in [2.75, 3.05) is 9.80 Å². The fourth-order valence-electron chi connectivity index (χ4n) is 17.5. The number of benzene rings is 14. The molecule has 0 saturated heterocycles. The summed E-state index contributed by atoms with van der Waals surface area (Å²) in [4.78, 5) is 5.10. The Morgan fingerprint density at radius 1 is 0.247 bits per heavy atom. The van der Waals surface area contributed by atoms with Gasteiger partial charge >= 0.3 is 0 Å². The number of rotatable bonds is 12. The third-order valence-corrected chi connectivity index (χ3v) is 21.1. The average molecular weight is 1190 g/mol. The first-order valence-electron chi connectivity index (χ1n) is 33.5. The van der Waals surface area contributed by atoms with E-state index in [0.717, 1.165) is 34.8 Å². The monoisotopic (exact) mass is 1190 g/mol. The van der Waals surface area contributed by atoms with Gasteiger partial charge in [-0.2, -0.15) is 0 Å². The maximum absolute atomic E-state index is 2.74. The van der Waals surface area contributed by atoms with E-state index in [-0.39, 0.29) is 5.54 Å². The number of para-hydroxylation sites is 2. The van der Waals surface area contributed by atoms with E-state index in [1.54, 1.807) is 0 Å². The summed E-state index contributed by atoms with van der Waals surface area (Å²) >= 11 is 0. The minimum atomic E-state index is -0.423. The van der Waals surface area contributed by atoms with Crippen LogP contribution in [-0.2, 0) is 5.41 Å². The molecule has 14 aromatic carbocycles. The second kappa shape index (κ2) is 23.8. The molecule has 19 rings (SSSR count). The molecule has 0 N–H and O–H groups in total. The van der Waals surface area contributed by atoms with Gasteiger partial charge in [-0.3, -0.25) is 0 Å². The summed E-state index contributed by atoms with van der Waals surface area (Å²) in [7, 11) is 0. The zero-order valence-corrected chi connectivity index (χ0v) is 52.3. The van der Waals surface area contributed by atoms with Crippen molar-refractivity contribution in [3.63, 3.8) is 0 Å². The smallest absolute Gasteiger partial charge is 0.0713 e. The van der Waals surface area contributed by atoms with Crippen LogP contribution in [-0.4, -0.2) is 5.54 Å². The molecule has 4 bridgehead atoms. The maximum atomic E-state index is 2.74. The van der Waals surface area contributed by atoms with Crippen LogP contribution in [0, 0.1) is 17.8 Å². The predicted molar refractivity (Wildman–Crippen MR) is 391 cm³/mol.